The molecule has 1 fully saturated rings. The second-order valence-corrected chi connectivity index (χ2v) is 8.76. The highest BCUT2D eigenvalue weighted by atomic mass is 16.6. The fraction of sp³-hybridized carbons (Fsp3) is 0.600. The van der Waals surface area contributed by atoms with Crippen LogP contribution < -0.4 is 0 Å². The molecule has 2 heterocycles. The number of carbonyl (C=O) groups is 4. The molecule has 1 aromatic carbocycles. The van der Waals surface area contributed by atoms with E-state index in [0.29, 0.717) is 30.7 Å². The van der Waals surface area contributed by atoms with Gasteiger partial charge in [-0.25, -0.2) is 0 Å². The summed E-state index contributed by atoms with van der Waals surface area (Å²) in [5.41, 5.74) is 0.944. The number of rotatable bonds is 13. The molecule has 3 rings (SSSR count). The lowest BCUT2D eigenvalue weighted by atomic mass is 9.92. The van der Waals surface area contributed by atoms with Crippen molar-refractivity contribution in [3.05, 3.63) is 35.4 Å². The second-order valence-electron chi connectivity index (χ2n) is 8.76. The Morgan fingerprint density at radius 1 is 1.00 bits per heavy atom. The van der Waals surface area contributed by atoms with Gasteiger partial charge in [-0.1, -0.05) is 31.9 Å². The molecule has 2 radical (unpaired) electrons. The minimum Gasteiger partial charge on any atom is -0.458 e. The molecule has 1 aromatic rings. The van der Waals surface area contributed by atoms with E-state index in [4.69, 9.17) is 22.1 Å². The summed E-state index contributed by atoms with van der Waals surface area (Å²) in [4.78, 5) is 49.3. The van der Waals surface area contributed by atoms with Gasteiger partial charge in [0.25, 0.3) is 11.8 Å². The van der Waals surface area contributed by atoms with Crippen LogP contribution in [0.5, 0.6) is 0 Å². The lowest BCUT2D eigenvalue weighted by molar-refractivity contribution is -0.156. The Morgan fingerprint density at radius 3 is 2.26 bits per heavy atom. The minimum atomic E-state index is -0.768. The SMILES string of the molecule is [B][C@@H]1O[C@H](CC)C(OCCCCCCN2C(=O)c3ccccc3C2=O)[C@@H]1OC(=O)CCC(C)=O. The molecule has 1 saturated heterocycles. The summed E-state index contributed by atoms with van der Waals surface area (Å²) < 4.78 is 17.2. The molecule has 0 aliphatic carbocycles. The zero-order valence-corrected chi connectivity index (χ0v) is 19.9. The van der Waals surface area contributed by atoms with E-state index in [2.05, 4.69) is 0 Å². The van der Waals surface area contributed by atoms with Gasteiger partial charge in [0.1, 0.15) is 25.8 Å². The largest absolute Gasteiger partial charge is 0.458 e. The van der Waals surface area contributed by atoms with Crippen LogP contribution in [0.4, 0.5) is 0 Å². The molecule has 0 N–H and O–H groups in total. The fourth-order valence-electron chi connectivity index (χ4n) is 4.30. The Hall–Kier alpha value is -2.52. The predicted octanol–water partition coefficient (Wildman–Crippen LogP) is 2.81. The Kier molecular flexibility index (Phi) is 9.41. The smallest absolute Gasteiger partial charge is 0.306 e. The molecule has 0 spiro atoms. The van der Waals surface area contributed by atoms with Crippen LogP contribution in [-0.2, 0) is 23.8 Å². The molecule has 1 unspecified atom stereocenters. The van der Waals surface area contributed by atoms with E-state index in [9.17, 15) is 19.2 Å². The number of amides is 2. The van der Waals surface area contributed by atoms with E-state index in [1.54, 1.807) is 24.3 Å². The number of hydrogen-bond donors (Lipinski definition) is 0. The summed E-state index contributed by atoms with van der Waals surface area (Å²) in [5.74, 6) is -1.02. The molecule has 34 heavy (non-hydrogen) atoms. The summed E-state index contributed by atoms with van der Waals surface area (Å²) in [5, 5.41) is 0. The van der Waals surface area contributed by atoms with Crippen molar-refractivity contribution in [1.82, 2.24) is 4.90 Å². The number of imide groups is 1. The lowest BCUT2D eigenvalue weighted by Gasteiger charge is -2.24. The van der Waals surface area contributed by atoms with Crippen LogP contribution in [0.3, 0.4) is 0 Å². The Morgan fingerprint density at radius 2 is 1.65 bits per heavy atom. The van der Waals surface area contributed by atoms with Crippen molar-refractivity contribution in [2.45, 2.75) is 83.1 Å². The third-order valence-corrected chi connectivity index (χ3v) is 6.16. The van der Waals surface area contributed by atoms with Gasteiger partial charge < -0.3 is 19.0 Å². The van der Waals surface area contributed by atoms with Crippen molar-refractivity contribution >= 4 is 31.4 Å². The van der Waals surface area contributed by atoms with E-state index in [0.717, 1.165) is 25.7 Å². The van der Waals surface area contributed by atoms with Gasteiger partial charge in [-0.05, 0) is 38.3 Å². The number of ether oxygens (including phenoxy) is 3. The minimum absolute atomic E-state index is 0.00910. The van der Waals surface area contributed by atoms with E-state index < -0.39 is 24.2 Å². The average molecular weight is 469 g/mol. The van der Waals surface area contributed by atoms with Gasteiger partial charge in [-0.3, -0.25) is 19.3 Å². The van der Waals surface area contributed by atoms with Crippen LogP contribution in [-0.4, -0.2) is 73.8 Å². The molecule has 2 aliphatic rings. The first-order valence-electron chi connectivity index (χ1n) is 12.0. The van der Waals surface area contributed by atoms with E-state index in [1.807, 2.05) is 6.92 Å². The molecular formula is C25H32BNO7. The van der Waals surface area contributed by atoms with Gasteiger partial charge in [0, 0.05) is 19.6 Å². The highest BCUT2D eigenvalue weighted by Gasteiger charge is 2.44. The first-order chi connectivity index (χ1) is 16.3. The van der Waals surface area contributed by atoms with Crippen LogP contribution in [0, 0.1) is 0 Å². The lowest BCUT2D eigenvalue weighted by Crippen LogP contribution is -2.39. The topological polar surface area (TPSA) is 99.2 Å². The number of hydrogen-bond acceptors (Lipinski definition) is 7. The normalized spacial score (nSPS) is 23.9. The quantitative estimate of drug-likeness (QED) is 0.190. The molecule has 2 aliphatic heterocycles. The number of benzene rings is 1. The highest BCUT2D eigenvalue weighted by molar-refractivity contribution is 6.21. The monoisotopic (exact) mass is 469 g/mol. The summed E-state index contributed by atoms with van der Waals surface area (Å²) in [6.45, 7) is 4.23. The number of nitrogens with zero attached hydrogens (tertiary/aromatic N) is 1. The first-order valence-corrected chi connectivity index (χ1v) is 12.0. The van der Waals surface area contributed by atoms with Crippen molar-refractivity contribution in [2.75, 3.05) is 13.2 Å². The van der Waals surface area contributed by atoms with Gasteiger partial charge >= 0.3 is 5.97 Å². The first kappa shape index (κ1) is 26.1. The van der Waals surface area contributed by atoms with Gasteiger partial charge in [0.15, 0.2) is 0 Å². The average Bonchev–Trinajstić information content (AvgIpc) is 3.25. The Bertz CT molecular complexity index is 870. The van der Waals surface area contributed by atoms with Gasteiger partial charge in [0.05, 0.1) is 29.7 Å². The van der Waals surface area contributed by atoms with Crippen molar-refractivity contribution in [3.63, 3.8) is 0 Å². The molecule has 9 heteroatoms. The molecule has 0 saturated carbocycles. The summed E-state index contributed by atoms with van der Waals surface area (Å²) in [6.07, 6.45) is 2.57. The fourth-order valence-corrected chi connectivity index (χ4v) is 4.30. The van der Waals surface area contributed by atoms with Crippen molar-refractivity contribution < 1.29 is 33.4 Å². The van der Waals surface area contributed by atoms with Crippen molar-refractivity contribution in [2.24, 2.45) is 0 Å². The molecule has 4 atom stereocenters. The van der Waals surface area contributed by atoms with Gasteiger partial charge in [-0.15, -0.1) is 0 Å². The third-order valence-electron chi connectivity index (χ3n) is 6.16. The standard InChI is InChI=1S/C25H32BNO7/c1-3-19-21(22(23(26)33-19)34-20(29)13-12-16(2)28)32-15-9-5-4-8-14-27-24(30)17-10-6-7-11-18(17)25(27)31/h6-7,10-11,19,21-23H,3-5,8-9,12-15H2,1-2H3/t19-,21?,22+,23-/m1/s1. The van der Waals surface area contributed by atoms with Crippen LogP contribution in [0.2, 0.25) is 0 Å². The number of fused-ring (bicyclic) bond motifs is 1. The second kappa shape index (κ2) is 12.3. The maximum Gasteiger partial charge on any atom is 0.306 e. The Labute approximate surface area is 201 Å². The zero-order valence-electron chi connectivity index (χ0n) is 19.9. The van der Waals surface area contributed by atoms with Gasteiger partial charge in [0.2, 0.25) is 0 Å². The van der Waals surface area contributed by atoms with Crippen LogP contribution in [0.1, 0.15) is 79.5 Å². The highest BCUT2D eigenvalue weighted by Crippen LogP contribution is 2.28. The predicted molar refractivity (Wildman–Crippen MR) is 125 cm³/mol. The van der Waals surface area contributed by atoms with E-state index >= 15 is 0 Å². The zero-order chi connectivity index (χ0) is 24.7. The van der Waals surface area contributed by atoms with Crippen molar-refractivity contribution in [3.8, 4) is 0 Å². The van der Waals surface area contributed by atoms with Crippen LogP contribution in [0.15, 0.2) is 24.3 Å². The summed E-state index contributed by atoms with van der Waals surface area (Å²) in [6, 6.07) is 6.12. The van der Waals surface area contributed by atoms with Crippen LogP contribution in [0.25, 0.3) is 0 Å². The number of Topliss-reactive ketones (excluding diaryl/α,β-unsaturated/α-hetero) is 1. The molecule has 0 aromatic heterocycles. The molecule has 0 bridgehead atoms. The summed E-state index contributed by atoms with van der Waals surface area (Å²) in [7, 11) is 6.02. The molecule has 182 valence electrons. The molecule has 2 amide bonds. The third kappa shape index (κ3) is 6.33. The number of esters is 1. The van der Waals surface area contributed by atoms with E-state index in [1.165, 1.54) is 11.8 Å². The Balaban J connectivity index is 1.37. The maximum absolute atomic E-state index is 12.4. The molecular weight excluding hydrogens is 437 g/mol. The maximum atomic E-state index is 12.4. The number of unbranched alkanes of at least 4 members (excludes halogenated alkanes) is 3. The number of carbonyl (C=O) groups excluding carboxylic acids is 4. The number of ketones is 1. The van der Waals surface area contributed by atoms with Gasteiger partial charge in [-0.2, -0.15) is 0 Å². The molecule has 8 nitrogen and oxygen atoms in total. The van der Waals surface area contributed by atoms with Crippen LogP contribution >= 0.6 is 0 Å². The summed E-state index contributed by atoms with van der Waals surface area (Å²) >= 11 is 0. The van der Waals surface area contributed by atoms with E-state index in [-0.39, 0.29) is 36.5 Å². The van der Waals surface area contributed by atoms with Crippen molar-refractivity contribution in [1.29, 1.82) is 0 Å².